The molecule has 0 spiro atoms. The van der Waals surface area contributed by atoms with Crippen LogP contribution in [-0.4, -0.2) is 120 Å². The highest BCUT2D eigenvalue weighted by atomic mass is 35.5. The molecule has 63 heavy (non-hydrogen) atoms. The molecule has 0 aliphatic carbocycles. The van der Waals surface area contributed by atoms with Crippen LogP contribution in [0.4, 0.5) is 18.4 Å². The Morgan fingerprint density at radius 1 is 0.778 bits per heavy atom. The second-order valence-corrected chi connectivity index (χ2v) is 18.9. The first-order chi connectivity index (χ1) is 30.3. The van der Waals surface area contributed by atoms with E-state index in [0.29, 0.717) is 93.3 Å². The second kappa shape index (κ2) is 22.6. The lowest BCUT2D eigenvalue weighted by Crippen LogP contribution is -2.42. The average molecular weight is 966 g/mol. The molecule has 2 aliphatic heterocycles. The largest absolute Gasteiger partial charge is 0.466 e. The van der Waals surface area contributed by atoms with Crippen molar-refractivity contribution in [3.8, 4) is 27.7 Å². The Morgan fingerprint density at radius 2 is 1.24 bits per heavy atom. The highest BCUT2D eigenvalue weighted by molar-refractivity contribution is 7.98. The van der Waals surface area contributed by atoms with E-state index in [0.717, 1.165) is 35.5 Å². The number of halogens is 3. The Kier molecular flexibility index (Phi) is 17.3. The van der Waals surface area contributed by atoms with Crippen LogP contribution in [0.1, 0.15) is 53.4 Å². The highest BCUT2D eigenvalue weighted by Gasteiger charge is 2.29. The molecule has 6 heterocycles. The van der Waals surface area contributed by atoms with Crippen LogP contribution in [0.5, 0.6) is 5.19 Å². The maximum Gasteiger partial charge on any atom is 0.409 e. The molecule has 0 bridgehead atoms. The lowest BCUT2D eigenvalue weighted by Gasteiger charge is -2.33. The van der Waals surface area contributed by atoms with E-state index in [9.17, 15) is 23.5 Å². The number of amides is 2. The second-order valence-electron chi connectivity index (χ2n) is 14.7. The van der Waals surface area contributed by atoms with Crippen molar-refractivity contribution in [1.29, 1.82) is 0 Å². The summed E-state index contributed by atoms with van der Waals surface area (Å²) in [6, 6.07) is 10.3. The molecule has 2 amide bonds. The molecule has 2 saturated heterocycles. The molecule has 1 N–H and O–H groups in total. The lowest BCUT2D eigenvalue weighted by molar-refractivity contribution is 0.0570. The summed E-state index contributed by atoms with van der Waals surface area (Å²) in [6.07, 6.45) is 9.92. The minimum absolute atomic E-state index is 0.0313. The van der Waals surface area contributed by atoms with Crippen LogP contribution < -0.4 is 4.74 Å². The average Bonchev–Trinajstić information content (AvgIpc) is 4.04. The number of likely N-dealkylation sites (tertiary alicyclic amines) is 2. The van der Waals surface area contributed by atoms with Gasteiger partial charge in [0.05, 0.1) is 43.1 Å². The van der Waals surface area contributed by atoms with E-state index in [2.05, 4.69) is 20.2 Å². The van der Waals surface area contributed by atoms with Gasteiger partial charge in [-0.1, -0.05) is 11.3 Å². The number of thioether (sulfide) groups is 2. The van der Waals surface area contributed by atoms with Gasteiger partial charge in [0, 0.05) is 47.1 Å². The van der Waals surface area contributed by atoms with Gasteiger partial charge in [-0.25, -0.2) is 37.4 Å². The van der Waals surface area contributed by atoms with Gasteiger partial charge in [0.15, 0.2) is 0 Å². The van der Waals surface area contributed by atoms with Gasteiger partial charge >= 0.3 is 12.2 Å². The molecule has 2 fully saturated rings. The van der Waals surface area contributed by atoms with Crippen molar-refractivity contribution in [2.75, 3.05) is 51.9 Å². The number of imidazole rings is 2. The van der Waals surface area contributed by atoms with E-state index < -0.39 is 0 Å². The van der Waals surface area contributed by atoms with Gasteiger partial charge in [0.25, 0.3) is 5.19 Å². The number of benzene rings is 2. The number of hydrogen-bond donors (Lipinski definition) is 1. The number of fused-ring (bicyclic) bond motifs is 2. The maximum atomic E-state index is 14.4. The van der Waals surface area contributed by atoms with E-state index in [1.807, 2.05) is 45.4 Å². The number of carbonyl (C=O) groups excluding carboxylic acids is 2. The highest BCUT2D eigenvalue weighted by Crippen LogP contribution is 2.32. The monoisotopic (exact) mass is 964 g/mol. The molecule has 2 aromatic carbocycles. The molecule has 6 aromatic rings. The molecule has 8 rings (SSSR count). The van der Waals surface area contributed by atoms with Gasteiger partial charge in [-0.3, -0.25) is 0 Å². The molecule has 21 heteroatoms. The Bertz CT molecular complexity index is 2390. The number of aliphatic hydroxyl groups is 1. The van der Waals surface area contributed by atoms with Crippen LogP contribution in [-0.2, 0) is 9.47 Å². The summed E-state index contributed by atoms with van der Waals surface area (Å²) in [7, 11) is 0. The van der Waals surface area contributed by atoms with Gasteiger partial charge in [0.2, 0.25) is 14.4 Å². The lowest BCUT2D eigenvalue weighted by atomic mass is 9.92. The summed E-state index contributed by atoms with van der Waals surface area (Å²) >= 11 is 11.4. The summed E-state index contributed by atoms with van der Waals surface area (Å²) in [6.45, 7) is 11.0. The number of nitrogens with zero attached hydrogens (tertiary/aromatic N) is 8. The number of aliphatic hydroxyl groups excluding tert-OH is 1. The molecule has 2 atom stereocenters. The summed E-state index contributed by atoms with van der Waals surface area (Å²) in [5.74, 6) is 0.0951. The first-order valence-electron chi connectivity index (χ1n) is 20.5. The van der Waals surface area contributed by atoms with Crippen molar-refractivity contribution in [3.05, 3.63) is 64.9 Å². The molecule has 4 aromatic heterocycles. The molecular weight excluding hydrogens is 914 g/mol. The maximum absolute atomic E-state index is 14.4. The number of ether oxygens (including phenoxy) is 3. The number of aromatic nitrogens is 6. The van der Waals surface area contributed by atoms with E-state index in [1.54, 1.807) is 50.3 Å². The zero-order valence-corrected chi connectivity index (χ0v) is 39.9. The van der Waals surface area contributed by atoms with Gasteiger partial charge in [-0.05, 0) is 137 Å². The number of hydrogen-bond acceptors (Lipinski definition) is 14. The van der Waals surface area contributed by atoms with Crippen molar-refractivity contribution in [3.63, 3.8) is 0 Å². The molecular formula is C42H51ClF2N8O6S4. The molecule has 14 nitrogen and oxygen atoms in total. The standard InChI is InChI=1S/C21H25FN4O3S2.C11H7ClFN3S2.C10H19NO3/c1-4-28-21(27)25-9-7-14(8-10-25)13(2)29-20-24-26-12-18(23-19(26)31-20)16-6-5-15(30-3)11-17(16)22;1-17-6-2-3-7(8(13)4-6)9-5-16-11(14-9)18-10(12)15-16;1-3-14-10(13)11-6-4-9(5-7-11)8(2)12/h5-6,11-14H,4,7-10H2,1-3H3;2-5H,1H3;8-9,12H,3-7H2,1-2H3. The Labute approximate surface area is 386 Å². The Morgan fingerprint density at radius 3 is 1.65 bits per heavy atom. The third-order valence-corrected chi connectivity index (χ3v) is 14.0. The first kappa shape index (κ1) is 48.3. The Balaban J connectivity index is 0.000000174. The van der Waals surface area contributed by atoms with Gasteiger partial charge < -0.3 is 29.1 Å². The van der Waals surface area contributed by atoms with Crippen LogP contribution in [0.25, 0.3) is 32.4 Å². The Hall–Kier alpha value is -4.21. The molecule has 340 valence electrons. The predicted molar refractivity (Wildman–Crippen MR) is 245 cm³/mol. The van der Waals surface area contributed by atoms with Crippen LogP contribution in [0.2, 0.25) is 4.47 Å². The summed E-state index contributed by atoms with van der Waals surface area (Å²) in [4.78, 5) is 38.5. The van der Waals surface area contributed by atoms with Crippen LogP contribution in [0.15, 0.2) is 58.6 Å². The fraction of sp³-hybridized carbons (Fsp3) is 0.476. The fourth-order valence-electron chi connectivity index (χ4n) is 7.13. The minimum atomic E-state index is -0.295. The van der Waals surface area contributed by atoms with Crippen LogP contribution in [0.3, 0.4) is 0 Å². The molecule has 0 saturated carbocycles. The molecule has 0 radical (unpaired) electrons. The van der Waals surface area contributed by atoms with Crippen LogP contribution in [0, 0.1) is 23.5 Å². The zero-order valence-electron chi connectivity index (χ0n) is 35.8. The normalized spacial score (nSPS) is 15.7. The quantitative estimate of drug-likeness (QED) is 0.130. The van der Waals surface area contributed by atoms with E-state index >= 15 is 0 Å². The van der Waals surface area contributed by atoms with Gasteiger partial charge in [-0.15, -0.1) is 33.7 Å². The predicted octanol–water partition coefficient (Wildman–Crippen LogP) is 10.2. The van der Waals surface area contributed by atoms with Crippen molar-refractivity contribution in [1.82, 2.24) is 39.0 Å². The first-order valence-corrected chi connectivity index (χ1v) is 25.0. The smallest absolute Gasteiger partial charge is 0.409 e. The minimum Gasteiger partial charge on any atom is -0.466 e. The topological polar surface area (TPSA) is 149 Å². The van der Waals surface area contributed by atoms with E-state index in [-0.39, 0.29) is 36.0 Å². The van der Waals surface area contributed by atoms with Gasteiger partial charge in [-0.2, -0.15) is 0 Å². The third-order valence-electron chi connectivity index (χ3n) is 10.7. The van der Waals surface area contributed by atoms with Crippen molar-refractivity contribution < 1.29 is 37.7 Å². The fourth-order valence-corrected chi connectivity index (χ4v) is 9.69. The number of piperidine rings is 2. The number of carbonyl (C=O) groups is 2. The van der Waals surface area contributed by atoms with Crippen molar-refractivity contribution >= 4 is 79.9 Å². The van der Waals surface area contributed by atoms with Gasteiger partial charge in [0.1, 0.15) is 17.7 Å². The summed E-state index contributed by atoms with van der Waals surface area (Å²) < 4.78 is 48.0. The zero-order chi connectivity index (χ0) is 45.2. The number of rotatable bonds is 10. The van der Waals surface area contributed by atoms with Crippen LogP contribution >= 0.6 is 57.8 Å². The van der Waals surface area contributed by atoms with E-state index in [4.69, 9.17) is 25.8 Å². The third kappa shape index (κ3) is 12.5. The van der Waals surface area contributed by atoms with Crippen molar-refractivity contribution in [2.24, 2.45) is 11.8 Å². The SMILES string of the molecule is CCOC(=O)N1CCC(C(C)O)CC1.CCOC(=O)N1CCC(C(C)Oc2nn3cc(-c4ccc(SC)cc4F)nc3s2)CC1.CSc1ccc(-c2cn3nc(Cl)sc3n2)c(F)c1. The van der Waals surface area contributed by atoms with E-state index in [1.165, 1.54) is 58.3 Å². The van der Waals surface area contributed by atoms with Crippen molar-refractivity contribution in [2.45, 2.75) is 75.4 Å². The summed E-state index contributed by atoms with van der Waals surface area (Å²) in [5.41, 5.74) is 2.05. The molecule has 2 unspecified atom stereocenters. The summed E-state index contributed by atoms with van der Waals surface area (Å²) in [5, 5.41) is 18.4. The molecule has 2 aliphatic rings.